The molecule has 2 amide bonds. The van der Waals surface area contributed by atoms with Crippen LogP contribution < -0.4 is 4.90 Å². The summed E-state index contributed by atoms with van der Waals surface area (Å²) < 4.78 is 0. The molecule has 122 valence electrons. The molecule has 0 bridgehead atoms. The van der Waals surface area contributed by atoms with Crippen molar-refractivity contribution in [2.75, 3.05) is 24.5 Å². The molecule has 6 heteroatoms. The van der Waals surface area contributed by atoms with Gasteiger partial charge in [-0.05, 0) is 43.5 Å². The number of anilines is 1. The topological polar surface area (TPSA) is 77.9 Å². The Morgan fingerprint density at radius 1 is 1.09 bits per heavy atom. The number of carbonyl (C=O) groups is 3. The van der Waals surface area contributed by atoms with Gasteiger partial charge in [-0.3, -0.25) is 14.4 Å². The van der Waals surface area contributed by atoms with Crippen LogP contribution >= 0.6 is 0 Å². The van der Waals surface area contributed by atoms with Gasteiger partial charge < -0.3 is 14.9 Å². The molecule has 1 aromatic carbocycles. The smallest absolute Gasteiger partial charge is 0.308 e. The monoisotopic (exact) mass is 316 g/mol. The highest BCUT2D eigenvalue weighted by molar-refractivity contribution is 5.97. The Balaban J connectivity index is 1.68. The summed E-state index contributed by atoms with van der Waals surface area (Å²) in [4.78, 5) is 38.7. The van der Waals surface area contributed by atoms with Crippen molar-refractivity contribution >= 4 is 23.5 Å². The Labute approximate surface area is 134 Å². The van der Waals surface area contributed by atoms with Crippen LogP contribution in [0.5, 0.6) is 0 Å². The lowest BCUT2D eigenvalue weighted by molar-refractivity contribution is -0.141. The van der Waals surface area contributed by atoms with Crippen LogP contribution in [0.15, 0.2) is 24.3 Å². The molecule has 1 N–H and O–H groups in total. The molecule has 2 heterocycles. The number of rotatable bonds is 3. The van der Waals surface area contributed by atoms with Gasteiger partial charge in [0.2, 0.25) is 5.91 Å². The average molecular weight is 316 g/mol. The zero-order valence-electron chi connectivity index (χ0n) is 12.9. The van der Waals surface area contributed by atoms with E-state index in [0.29, 0.717) is 24.9 Å². The molecule has 0 radical (unpaired) electrons. The minimum absolute atomic E-state index is 0.124. The number of hydrogen-bond donors (Lipinski definition) is 1. The highest BCUT2D eigenvalue weighted by atomic mass is 16.4. The standard InChI is InChI=1S/C17H20N2O4/c20-15-3-1-2-9-19(15)14-6-4-12(5-7-14)16(21)18-10-8-13(11-18)17(22)23/h4-7,13H,1-3,8-11H2,(H,22,23)/t13-/m0/s1. The van der Waals surface area contributed by atoms with Gasteiger partial charge in [0, 0.05) is 37.3 Å². The van der Waals surface area contributed by atoms with Gasteiger partial charge in [-0.2, -0.15) is 0 Å². The van der Waals surface area contributed by atoms with E-state index < -0.39 is 11.9 Å². The van der Waals surface area contributed by atoms with E-state index >= 15 is 0 Å². The highest BCUT2D eigenvalue weighted by Crippen LogP contribution is 2.23. The lowest BCUT2D eigenvalue weighted by Gasteiger charge is -2.27. The Hall–Kier alpha value is -2.37. The molecule has 0 saturated carbocycles. The van der Waals surface area contributed by atoms with Gasteiger partial charge >= 0.3 is 5.97 Å². The SMILES string of the molecule is O=C(O)[C@H]1CCN(C(=O)c2ccc(N3CCCCC3=O)cc2)C1. The fourth-order valence-electron chi connectivity index (χ4n) is 3.19. The minimum Gasteiger partial charge on any atom is -0.481 e. The highest BCUT2D eigenvalue weighted by Gasteiger charge is 2.31. The quantitative estimate of drug-likeness (QED) is 0.921. The van der Waals surface area contributed by atoms with Crippen molar-refractivity contribution in [2.45, 2.75) is 25.7 Å². The zero-order valence-corrected chi connectivity index (χ0v) is 12.9. The number of likely N-dealkylation sites (tertiary alicyclic amines) is 1. The number of piperidine rings is 1. The molecular weight excluding hydrogens is 296 g/mol. The second kappa shape index (κ2) is 6.40. The van der Waals surface area contributed by atoms with Crippen molar-refractivity contribution in [3.63, 3.8) is 0 Å². The van der Waals surface area contributed by atoms with Gasteiger partial charge in [0.15, 0.2) is 0 Å². The third-order valence-electron chi connectivity index (χ3n) is 4.57. The van der Waals surface area contributed by atoms with E-state index in [4.69, 9.17) is 5.11 Å². The Morgan fingerprint density at radius 3 is 2.43 bits per heavy atom. The van der Waals surface area contributed by atoms with Gasteiger partial charge in [-0.1, -0.05) is 0 Å². The Morgan fingerprint density at radius 2 is 1.83 bits per heavy atom. The number of amides is 2. The average Bonchev–Trinajstić information content (AvgIpc) is 3.05. The third kappa shape index (κ3) is 3.21. The second-order valence-corrected chi connectivity index (χ2v) is 6.12. The fourth-order valence-corrected chi connectivity index (χ4v) is 3.19. The molecule has 1 atom stereocenters. The molecule has 2 saturated heterocycles. The predicted molar refractivity (Wildman–Crippen MR) is 84.3 cm³/mol. The summed E-state index contributed by atoms with van der Waals surface area (Å²) in [6.07, 6.45) is 3.01. The first-order valence-corrected chi connectivity index (χ1v) is 7.99. The maximum atomic E-state index is 12.4. The molecule has 3 rings (SSSR count). The van der Waals surface area contributed by atoms with E-state index in [9.17, 15) is 14.4 Å². The van der Waals surface area contributed by atoms with Gasteiger partial charge in [0.1, 0.15) is 0 Å². The number of carboxylic acid groups (broad SMARTS) is 1. The molecule has 0 unspecified atom stereocenters. The molecule has 0 spiro atoms. The molecule has 1 aromatic rings. The molecule has 0 aliphatic carbocycles. The van der Waals surface area contributed by atoms with E-state index in [1.807, 2.05) is 0 Å². The van der Waals surface area contributed by atoms with Crippen molar-refractivity contribution in [2.24, 2.45) is 5.92 Å². The van der Waals surface area contributed by atoms with Gasteiger partial charge in [0.05, 0.1) is 5.92 Å². The minimum atomic E-state index is -0.848. The lowest BCUT2D eigenvalue weighted by atomic mass is 10.1. The summed E-state index contributed by atoms with van der Waals surface area (Å²) in [5.74, 6) is -1.34. The van der Waals surface area contributed by atoms with Crippen molar-refractivity contribution in [3.05, 3.63) is 29.8 Å². The molecule has 23 heavy (non-hydrogen) atoms. The number of nitrogens with zero attached hydrogens (tertiary/aromatic N) is 2. The van der Waals surface area contributed by atoms with E-state index in [0.717, 1.165) is 25.1 Å². The van der Waals surface area contributed by atoms with E-state index in [2.05, 4.69) is 0 Å². The fraction of sp³-hybridized carbons (Fsp3) is 0.471. The summed E-state index contributed by atoms with van der Waals surface area (Å²) in [6, 6.07) is 7.02. The van der Waals surface area contributed by atoms with E-state index in [1.54, 1.807) is 34.1 Å². The normalized spacial score (nSPS) is 21.6. The van der Waals surface area contributed by atoms with Crippen LogP contribution in [0.2, 0.25) is 0 Å². The van der Waals surface area contributed by atoms with Crippen LogP contribution in [0.4, 0.5) is 5.69 Å². The Kier molecular flexibility index (Phi) is 4.32. The second-order valence-electron chi connectivity index (χ2n) is 6.12. The van der Waals surface area contributed by atoms with Crippen LogP contribution in [-0.2, 0) is 9.59 Å². The van der Waals surface area contributed by atoms with Crippen molar-refractivity contribution in [3.8, 4) is 0 Å². The Bertz CT molecular complexity index is 626. The van der Waals surface area contributed by atoms with E-state index in [-0.39, 0.29) is 18.4 Å². The summed E-state index contributed by atoms with van der Waals surface area (Å²) >= 11 is 0. The van der Waals surface area contributed by atoms with Crippen LogP contribution in [0.25, 0.3) is 0 Å². The maximum Gasteiger partial charge on any atom is 0.308 e. The van der Waals surface area contributed by atoms with Crippen molar-refractivity contribution < 1.29 is 19.5 Å². The van der Waals surface area contributed by atoms with Gasteiger partial charge in [-0.15, -0.1) is 0 Å². The van der Waals surface area contributed by atoms with E-state index in [1.165, 1.54) is 0 Å². The first-order valence-electron chi connectivity index (χ1n) is 7.99. The molecule has 6 nitrogen and oxygen atoms in total. The van der Waals surface area contributed by atoms with Crippen LogP contribution in [-0.4, -0.2) is 47.4 Å². The number of benzene rings is 1. The number of hydrogen-bond acceptors (Lipinski definition) is 3. The van der Waals surface area contributed by atoms with Crippen LogP contribution in [0.3, 0.4) is 0 Å². The van der Waals surface area contributed by atoms with Crippen LogP contribution in [0.1, 0.15) is 36.0 Å². The molecule has 2 fully saturated rings. The van der Waals surface area contributed by atoms with Crippen molar-refractivity contribution in [1.29, 1.82) is 0 Å². The predicted octanol–water partition coefficient (Wildman–Crippen LogP) is 1.75. The molecular formula is C17H20N2O4. The first-order chi connectivity index (χ1) is 11.1. The van der Waals surface area contributed by atoms with Crippen LogP contribution in [0, 0.1) is 5.92 Å². The number of carbonyl (C=O) groups excluding carboxylic acids is 2. The maximum absolute atomic E-state index is 12.4. The van der Waals surface area contributed by atoms with Gasteiger partial charge in [-0.25, -0.2) is 0 Å². The number of carboxylic acids is 1. The lowest BCUT2D eigenvalue weighted by Crippen LogP contribution is -2.35. The molecule has 2 aliphatic rings. The third-order valence-corrected chi connectivity index (χ3v) is 4.57. The summed E-state index contributed by atoms with van der Waals surface area (Å²) in [5, 5.41) is 9.01. The molecule has 2 aliphatic heterocycles. The largest absolute Gasteiger partial charge is 0.481 e. The molecule has 0 aromatic heterocycles. The van der Waals surface area contributed by atoms with Crippen molar-refractivity contribution in [1.82, 2.24) is 4.90 Å². The van der Waals surface area contributed by atoms with Gasteiger partial charge in [0.25, 0.3) is 5.91 Å². The summed E-state index contributed by atoms with van der Waals surface area (Å²) in [5.41, 5.74) is 1.35. The number of aliphatic carboxylic acids is 1. The first kappa shape index (κ1) is 15.5. The zero-order chi connectivity index (χ0) is 16.4. The summed E-state index contributed by atoms with van der Waals surface area (Å²) in [7, 11) is 0. The summed E-state index contributed by atoms with van der Waals surface area (Å²) in [6.45, 7) is 1.46.